The van der Waals surface area contributed by atoms with Crippen molar-refractivity contribution in [2.24, 2.45) is 5.92 Å². The third kappa shape index (κ3) is 2.48. The van der Waals surface area contributed by atoms with Crippen LogP contribution in [0.2, 0.25) is 0 Å². The fourth-order valence-corrected chi connectivity index (χ4v) is 2.12. The molecule has 19 heavy (non-hydrogen) atoms. The van der Waals surface area contributed by atoms with E-state index < -0.39 is 11.5 Å². The molecule has 1 aromatic rings. The fourth-order valence-electron chi connectivity index (χ4n) is 2.12. The van der Waals surface area contributed by atoms with Crippen LogP contribution in [0.3, 0.4) is 0 Å². The molecule has 0 spiro atoms. The van der Waals surface area contributed by atoms with Gasteiger partial charge in [-0.05, 0) is 37.8 Å². The molecule has 1 unspecified atom stereocenters. The number of rotatable bonds is 5. The number of nitriles is 1. The quantitative estimate of drug-likeness (QED) is 0.848. The molecule has 2 N–H and O–H groups in total. The molecule has 1 aliphatic rings. The number of nitrogens with one attached hydrogen (secondary N) is 1. The standard InChI is InChI=1S/C14H16N2O3/c1-14(13(17)18,10-4-5-10)16-12-7-11(19-2)6-3-9(12)8-15/h3,6-7,10,16H,4-5H2,1-2H3,(H,17,18). The van der Waals surface area contributed by atoms with E-state index in [2.05, 4.69) is 11.4 Å². The molecule has 1 fully saturated rings. The average Bonchev–Trinajstić information content (AvgIpc) is 3.22. The minimum absolute atomic E-state index is 0.0998. The van der Waals surface area contributed by atoms with E-state index in [1.54, 1.807) is 25.1 Å². The van der Waals surface area contributed by atoms with Crippen LogP contribution in [0.15, 0.2) is 18.2 Å². The summed E-state index contributed by atoms with van der Waals surface area (Å²) in [6.45, 7) is 1.66. The Bertz CT molecular complexity index is 546. The van der Waals surface area contributed by atoms with Gasteiger partial charge in [-0.2, -0.15) is 5.26 Å². The van der Waals surface area contributed by atoms with Gasteiger partial charge in [0.15, 0.2) is 0 Å². The van der Waals surface area contributed by atoms with E-state index in [9.17, 15) is 9.90 Å². The van der Waals surface area contributed by atoms with Crippen LogP contribution in [0.4, 0.5) is 5.69 Å². The van der Waals surface area contributed by atoms with E-state index in [-0.39, 0.29) is 5.92 Å². The van der Waals surface area contributed by atoms with Gasteiger partial charge in [0.05, 0.1) is 18.4 Å². The van der Waals surface area contributed by atoms with Crippen LogP contribution in [0, 0.1) is 17.2 Å². The van der Waals surface area contributed by atoms with E-state index in [0.29, 0.717) is 17.0 Å². The van der Waals surface area contributed by atoms with Crippen molar-refractivity contribution in [3.63, 3.8) is 0 Å². The molecule has 5 heteroatoms. The monoisotopic (exact) mass is 260 g/mol. The van der Waals surface area contributed by atoms with Crippen molar-refractivity contribution in [3.05, 3.63) is 23.8 Å². The maximum atomic E-state index is 11.5. The predicted molar refractivity (Wildman–Crippen MR) is 70.1 cm³/mol. The summed E-state index contributed by atoms with van der Waals surface area (Å²) in [4.78, 5) is 11.5. The van der Waals surface area contributed by atoms with Gasteiger partial charge in [-0.1, -0.05) is 0 Å². The van der Waals surface area contributed by atoms with Gasteiger partial charge in [0.2, 0.25) is 0 Å². The second-order valence-corrected chi connectivity index (χ2v) is 4.93. The normalized spacial score (nSPS) is 17.1. The highest BCUT2D eigenvalue weighted by molar-refractivity contribution is 5.84. The number of benzene rings is 1. The van der Waals surface area contributed by atoms with Crippen LogP contribution >= 0.6 is 0 Å². The Kier molecular flexibility index (Phi) is 3.34. The molecule has 0 aliphatic heterocycles. The Morgan fingerprint density at radius 3 is 2.74 bits per heavy atom. The van der Waals surface area contributed by atoms with Crippen molar-refractivity contribution < 1.29 is 14.6 Å². The van der Waals surface area contributed by atoms with Gasteiger partial charge in [-0.15, -0.1) is 0 Å². The SMILES string of the molecule is COc1ccc(C#N)c(NC(C)(C(=O)O)C2CC2)c1. The zero-order chi connectivity index (χ0) is 14.0. The number of nitrogens with zero attached hydrogens (tertiary/aromatic N) is 1. The van der Waals surface area contributed by atoms with Crippen molar-refractivity contribution in [2.75, 3.05) is 12.4 Å². The summed E-state index contributed by atoms with van der Waals surface area (Å²) in [5.41, 5.74) is -0.134. The molecular weight excluding hydrogens is 244 g/mol. The summed E-state index contributed by atoms with van der Waals surface area (Å²) in [5.74, 6) is -0.213. The van der Waals surface area contributed by atoms with Crippen molar-refractivity contribution in [1.82, 2.24) is 0 Å². The number of carboxylic acid groups (broad SMARTS) is 1. The second kappa shape index (κ2) is 4.81. The summed E-state index contributed by atoms with van der Waals surface area (Å²) in [6.07, 6.45) is 1.78. The second-order valence-electron chi connectivity index (χ2n) is 4.93. The van der Waals surface area contributed by atoms with Crippen LogP contribution in [-0.2, 0) is 4.79 Å². The molecule has 2 rings (SSSR count). The van der Waals surface area contributed by atoms with Crippen molar-refractivity contribution >= 4 is 11.7 Å². The minimum atomic E-state index is -1.04. The molecule has 0 radical (unpaired) electrons. The molecule has 1 aromatic carbocycles. The molecule has 100 valence electrons. The van der Waals surface area contributed by atoms with Crippen LogP contribution < -0.4 is 10.1 Å². The number of carbonyl (C=O) groups is 1. The van der Waals surface area contributed by atoms with Gasteiger partial charge in [0.1, 0.15) is 17.4 Å². The Morgan fingerprint density at radius 2 is 2.26 bits per heavy atom. The maximum Gasteiger partial charge on any atom is 0.329 e. The molecule has 0 bridgehead atoms. The number of hydrogen-bond acceptors (Lipinski definition) is 4. The summed E-state index contributed by atoms with van der Waals surface area (Å²) in [6, 6.07) is 7.01. The third-order valence-electron chi connectivity index (χ3n) is 3.58. The zero-order valence-electron chi connectivity index (χ0n) is 10.9. The van der Waals surface area contributed by atoms with E-state index in [1.165, 1.54) is 7.11 Å². The first-order chi connectivity index (χ1) is 9.01. The number of anilines is 1. The topological polar surface area (TPSA) is 82.3 Å². The number of hydrogen-bond donors (Lipinski definition) is 2. The summed E-state index contributed by atoms with van der Waals surface area (Å²) >= 11 is 0. The molecule has 0 heterocycles. The highest BCUT2D eigenvalue weighted by Gasteiger charge is 2.47. The van der Waals surface area contributed by atoms with Crippen LogP contribution in [0.5, 0.6) is 5.75 Å². The lowest BCUT2D eigenvalue weighted by molar-refractivity contribution is -0.142. The molecule has 0 aromatic heterocycles. The summed E-state index contributed by atoms with van der Waals surface area (Å²) in [7, 11) is 1.53. The predicted octanol–water partition coefficient (Wildman–Crippen LogP) is 2.23. The van der Waals surface area contributed by atoms with Gasteiger partial charge >= 0.3 is 5.97 Å². The van der Waals surface area contributed by atoms with Gasteiger partial charge in [0, 0.05) is 6.07 Å². The number of methoxy groups -OCH3 is 1. The molecule has 1 aliphatic carbocycles. The summed E-state index contributed by atoms with van der Waals surface area (Å²) in [5, 5.41) is 21.5. The molecule has 5 nitrogen and oxygen atoms in total. The Labute approximate surface area is 111 Å². The lowest BCUT2D eigenvalue weighted by atomic mass is 9.95. The maximum absolute atomic E-state index is 11.5. The Hall–Kier alpha value is -2.22. The first-order valence-corrected chi connectivity index (χ1v) is 6.11. The number of ether oxygens (including phenoxy) is 1. The first kappa shape index (κ1) is 13.2. The van der Waals surface area contributed by atoms with Gasteiger partial charge in [-0.25, -0.2) is 4.79 Å². The fraction of sp³-hybridized carbons (Fsp3) is 0.429. The van der Waals surface area contributed by atoms with Gasteiger partial charge in [0.25, 0.3) is 0 Å². The highest BCUT2D eigenvalue weighted by Crippen LogP contribution is 2.42. The van der Waals surface area contributed by atoms with Crippen LogP contribution in [0.1, 0.15) is 25.3 Å². The lowest BCUT2D eigenvalue weighted by Gasteiger charge is -2.28. The molecule has 1 saturated carbocycles. The first-order valence-electron chi connectivity index (χ1n) is 6.11. The van der Waals surface area contributed by atoms with E-state index in [0.717, 1.165) is 12.8 Å². The summed E-state index contributed by atoms with van der Waals surface area (Å²) < 4.78 is 5.11. The molecule has 0 amide bonds. The number of carboxylic acids is 1. The largest absolute Gasteiger partial charge is 0.497 e. The molecular formula is C14H16N2O3. The number of aliphatic carboxylic acids is 1. The van der Waals surface area contributed by atoms with Gasteiger partial charge < -0.3 is 15.2 Å². The van der Waals surface area contributed by atoms with E-state index in [1.807, 2.05) is 0 Å². The average molecular weight is 260 g/mol. The highest BCUT2D eigenvalue weighted by atomic mass is 16.5. The zero-order valence-corrected chi connectivity index (χ0v) is 10.9. The minimum Gasteiger partial charge on any atom is -0.497 e. The van der Waals surface area contributed by atoms with Crippen molar-refractivity contribution in [3.8, 4) is 11.8 Å². The van der Waals surface area contributed by atoms with Crippen molar-refractivity contribution in [2.45, 2.75) is 25.3 Å². The van der Waals surface area contributed by atoms with Crippen molar-refractivity contribution in [1.29, 1.82) is 5.26 Å². The van der Waals surface area contributed by atoms with E-state index in [4.69, 9.17) is 10.00 Å². The smallest absolute Gasteiger partial charge is 0.329 e. The Balaban J connectivity index is 2.36. The van der Waals surface area contributed by atoms with Gasteiger partial charge in [-0.3, -0.25) is 0 Å². The Morgan fingerprint density at radius 1 is 1.58 bits per heavy atom. The third-order valence-corrected chi connectivity index (χ3v) is 3.58. The van der Waals surface area contributed by atoms with Crippen LogP contribution in [-0.4, -0.2) is 23.7 Å². The molecule has 0 saturated heterocycles. The molecule has 1 atom stereocenters. The van der Waals surface area contributed by atoms with Crippen LogP contribution in [0.25, 0.3) is 0 Å². The van der Waals surface area contributed by atoms with E-state index >= 15 is 0 Å². The lowest BCUT2D eigenvalue weighted by Crippen LogP contribution is -2.45.